The minimum absolute atomic E-state index is 0.207. The first kappa shape index (κ1) is 22.1. The van der Waals surface area contributed by atoms with Crippen LogP contribution in [-0.2, 0) is 16.4 Å². The highest BCUT2D eigenvalue weighted by Crippen LogP contribution is 2.34. The Morgan fingerprint density at radius 3 is 2.28 bits per heavy atom. The summed E-state index contributed by atoms with van der Waals surface area (Å²) >= 11 is 3.05. The predicted molar refractivity (Wildman–Crippen MR) is 106 cm³/mol. The van der Waals surface area contributed by atoms with E-state index >= 15 is 0 Å². The fraction of sp³-hybridized carbons (Fsp3) is 0.368. The first-order valence-electron chi connectivity index (χ1n) is 8.97. The lowest BCUT2D eigenvalue weighted by molar-refractivity contribution is -0.275. The highest BCUT2D eigenvalue weighted by atomic mass is 79.9. The Labute approximate surface area is 176 Å². The molecule has 0 bridgehead atoms. The van der Waals surface area contributed by atoms with Crippen LogP contribution in [0.5, 0.6) is 5.75 Å². The number of nitrogens with zero attached hydrogens (tertiary/aromatic N) is 2. The number of hydrogen-bond acceptors (Lipinski definition) is 4. The van der Waals surface area contributed by atoms with Gasteiger partial charge >= 0.3 is 6.36 Å². The van der Waals surface area contributed by atoms with Gasteiger partial charge in [-0.15, -0.1) is 13.2 Å². The molecule has 1 aliphatic heterocycles. The molecule has 2 aromatic carbocycles. The van der Waals surface area contributed by atoms with Crippen LogP contribution in [0.15, 0.2) is 57.9 Å². The fourth-order valence-electron chi connectivity index (χ4n) is 3.16. The summed E-state index contributed by atoms with van der Waals surface area (Å²) < 4.78 is 69.4. The summed E-state index contributed by atoms with van der Waals surface area (Å²) in [6.07, 6.45) is -4.13. The second-order valence-corrected chi connectivity index (χ2v) is 9.44. The van der Waals surface area contributed by atoms with E-state index in [9.17, 15) is 21.6 Å². The van der Waals surface area contributed by atoms with E-state index in [-0.39, 0.29) is 13.1 Å². The SMILES string of the molecule is O=S(=O)(c1ccc(Br)cc1OC(F)(F)F)N1CCN(CCc2ccccc2)CC1. The van der Waals surface area contributed by atoms with Crippen molar-refractivity contribution in [3.05, 3.63) is 58.6 Å². The summed E-state index contributed by atoms with van der Waals surface area (Å²) in [6.45, 7) is 2.23. The monoisotopic (exact) mass is 492 g/mol. The van der Waals surface area contributed by atoms with Crippen molar-refractivity contribution in [1.82, 2.24) is 9.21 Å². The number of alkyl halides is 3. The molecule has 0 saturated carbocycles. The van der Waals surface area contributed by atoms with E-state index in [0.29, 0.717) is 17.6 Å². The van der Waals surface area contributed by atoms with Gasteiger partial charge in [0.1, 0.15) is 4.90 Å². The first-order chi connectivity index (χ1) is 13.6. The van der Waals surface area contributed by atoms with Crippen molar-refractivity contribution in [3.63, 3.8) is 0 Å². The number of benzene rings is 2. The minimum atomic E-state index is -4.98. The number of piperazine rings is 1. The van der Waals surface area contributed by atoms with Gasteiger partial charge < -0.3 is 9.64 Å². The van der Waals surface area contributed by atoms with E-state index in [0.717, 1.165) is 25.1 Å². The molecule has 10 heteroatoms. The second-order valence-electron chi connectivity index (χ2n) is 6.62. The zero-order valence-corrected chi connectivity index (χ0v) is 17.8. The quantitative estimate of drug-likeness (QED) is 0.613. The highest BCUT2D eigenvalue weighted by molar-refractivity contribution is 9.10. The molecule has 0 aromatic heterocycles. The molecule has 0 radical (unpaired) electrons. The molecule has 1 aliphatic rings. The van der Waals surface area contributed by atoms with Crippen LogP contribution in [0, 0.1) is 0 Å². The van der Waals surface area contributed by atoms with Crippen molar-refractivity contribution in [3.8, 4) is 5.75 Å². The summed E-state index contributed by atoms with van der Waals surface area (Å²) in [5.41, 5.74) is 1.20. The summed E-state index contributed by atoms with van der Waals surface area (Å²) in [6, 6.07) is 13.5. The molecule has 29 heavy (non-hydrogen) atoms. The van der Waals surface area contributed by atoms with E-state index < -0.39 is 27.0 Å². The van der Waals surface area contributed by atoms with Crippen LogP contribution in [0.2, 0.25) is 0 Å². The van der Waals surface area contributed by atoms with Crippen LogP contribution >= 0.6 is 15.9 Å². The Bertz CT molecular complexity index is 931. The smallest absolute Gasteiger partial charge is 0.404 e. The molecule has 0 aliphatic carbocycles. The molecule has 1 fully saturated rings. The Morgan fingerprint density at radius 2 is 1.66 bits per heavy atom. The maximum atomic E-state index is 12.9. The summed E-state index contributed by atoms with van der Waals surface area (Å²) in [5.74, 6) is -0.738. The number of halogens is 4. The van der Waals surface area contributed by atoms with Crippen LogP contribution in [0.25, 0.3) is 0 Å². The summed E-state index contributed by atoms with van der Waals surface area (Å²) in [7, 11) is -4.11. The van der Waals surface area contributed by atoms with Crippen LogP contribution in [0.1, 0.15) is 5.56 Å². The van der Waals surface area contributed by atoms with Gasteiger partial charge in [-0.1, -0.05) is 46.3 Å². The van der Waals surface area contributed by atoms with Gasteiger partial charge in [-0.25, -0.2) is 8.42 Å². The Hall–Kier alpha value is -1.62. The molecular weight excluding hydrogens is 473 g/mol. The fourth-order valence-corrected chi connectivity index (χ4v) is 5.02. The average molecular weight is 493 g/mol. The first-order valence-corrected chi connectivity index (χ1v) is 11.2. The second kappa shape index (κ2) is 9.03. The number of ether oxygens (including phenoxy) is 1. The van der Waals surface area contributed by atoms with Crippen molar-refractivity contribution in [2.24, 2.45) is 0 Å². The number of sulfonamides is 1. The van der Waals surface area contributed by atoms with Crippen molar-refractivity contribution < 1.29 is 26.3 Å². The average Bonchev–Trinajstić information content (AvgIpc) is 2.66. The van der Waals surface area contributed by atoms with Crippen LogP contribution in [0.4, 0.5) is 13.2 Å². The Kier molecular flexibility index (Phi) is 6.87. The van der Waals surface area contributed by atoms with E-state index in [1.54, 1.807) is 0 Å². The maximum absolute atomic E-state index is 12.9. The molecule has 0 atom stereocenters. The highest BCUT2D eigenvalue weighted by Gasteiger charge is 2.36. The van der Waals surface area contributed by atoms with Crippen molar-refractivity contribution in [2.75, 3.05) is 32.7 Å². The summed E-state index contributed by atoms with van der Waals surface area (Å²) in [4.78, 5) is 1.66. The molecule has 0 unspecified atom stereocenters. The lowest BCUT2D eigenvalue weighted by Crippen LogP contribution is -2.49. The van der Waals surface area contributed by atoms with Gasteiger partial charge in [0.05, 0.1) is 0 Å². The zero-order chi connectivity index (χ0) is 21.1. The topological polar surface area (TPSA) is 49.9 Å². The van der Waals surface area contributed by atoms with Crippen molar-refractivity contribution >= 4 is 26.0 Å². The maximum Gasteiger partial charge on any atom is 0.573 e. The van der Waals surface area contributed by atoms with Gasteiger partial charge in [0.2, 0.25) is 10.0 Å². The van der Waals surface area contributed by atoms with Crippen molar-refractivity contribution in [2.45, 2.75) is 17.7 Å². The molecule has 2 aromatic rings. The van der Waals surface area contributed by atoms with Gasteiger partial charge in [-0.3, -0.25) is 0 Å². The Morgan fingerprint density at radius 1 is 1.00 bits per heavy atom. The lowest BCUT2D eigenvalue weighted by Gasteiger charge is -2.34. The molecule has 0 amide bonds. The van der Waals surface area contributed by atoms with Gasteiger partial charge in [0.15, 0.2) is 5.75 Å². The number of hydrogen-bond donors (Lipinski definition) is 0. The zero-order valence-electron chi connectivity index (χ0n) is 15.4. The predicted octanol–water partition coefficient (Wildman–Crippen LogP) is 3.90. The van der Waals surface area contributed by atoms with E-state index in [2.05, 4.69) is 25.6 Å². The van der Waals surface area contributed by atoms with Gasteiger partial charge in [-0.05, 0) is 30.2 Å². The molecule has 3 rings (SSSR count). The van der Waals surface area contributed by atoms with Gasteiger partial charge in [0, 0.05) is 37.2 Å². The Balaban J connectivity index is 1.67. The lowest BCUT2D eigenvalue weighted by atomic mass is 10.1. The van der Waals surface area contributed by atoms with Gasteiger partial charge in [0.25, 0.3) is 0 Å². The van der Waals surface area contributed by atoms with E-state index in [1.807, 2.05) is 30.3 Å². The molecule has 1 heterocycles. The molecular formula is C19H20BrF3N2O3S. The normalized spacial score (nSPS) is 16.7. The van der Waals surface area contributed by atoms with Crippen LogP contribution < -0.4 is 4.74 Å². The van der Waals surface area contributed by atoms with Crippen molar-refractivity contribution in [1.29, 1.82) is 0 Å². The molecule has 158 valence electrons. The largest absolute Gasteiger partial charge is 0.573 e. The van der Waals surface area contributed by atoms with Gasteiger partial charge in [-0.2, -0.15) is 4.31 Å². The molecule has 1 saturated heterocycles. The van der Waals surface area contributed by atoms with E-state index in [4.69, 9.17) is 0 Å². The third-order valence-electron chi connectivity index (χ3n) is 4.64. The molecule has 0 spiro atoms. The standard InChI is InChI=1S/C19H20BrF3N2O3S/c20-16-6-7-18(17(14-16)28-19(21,22)23)29(26,27)25-12-10-24(11-13-25)9-8-15-4-2-1-3-5-15/h1-7,14H,8-13H2. The summed E-state index contributed by atoms with van der Waals surface area (Å²) in [5, 5.41) is 0. The molecule has 5 nitrogen and oxygen atoms in total. The third-order valence-corrected chi connectivity index (χ3v) is 7.07. The minimum Gasteiger partial charge on any atom is -0.404 e. The third kappa shape index (κ3) is 5.94. The van der Waals surface area contributed by atoms with E-state index in [1.165, 1.54) is 15.9 Å². The number of rotatable bonds is 6. The van der Waals surface area contributed by atoms with Crippen LogP contribution in [0.3, 0.4) is 0 Å². The van der Waals surface area contributed by atoms with Crippen LogP contribution in [-0.4, -0.2) is 56.7 Å². The molecule has 0 N–H and O–H groups in total.